The number of carbonyl (C=O) groups is 3. The number of imidazole rings is 1. The number of ether oxygens (including phenoxy) is 1. The summed E-state index contributed by atoms with van der Waals surface area (Å²) in [7, 11) is -1.63. The molecule has 4 aromatic rings. The van der Waals surface area contributed by atoms with E-state index in [1.54, 1.807) is 11.1 Å². The van der Waals surface area contributed by atoms with E-state index in [0.29, 0.717) is 43.3 Å². The van der Waals surface area contributed by atoms with Crippen molar-refractivity contribution in [2.75, 3.05) is 43.6 Å². The molecule has 2 atom stereocenters. The van der Waals surface area contributed by atoms with Crippen molar-refractivity contribution in [1.82, 2.24) is 25.1 Å². The maximum absolute atomic E-state index is 13.5. The van der Waals surface area contributed by atoms with E-state index in [9.17, 15) is 22.8 Å². The Balaban J connectivity index is 1.07. The summed E-state index contributed by atoms with van der Waals surface area (Å²) in [6.07, 6.45) is 2.78. The first-order valence-electron chi connectivity index (χ1n) is 17.6. The Labute approximate surface area is 304 Å². The zero-order valence-electron chi connectivity index (χ0n) is 30.0. The third-order valence-electron chi connectivity index (χ3n) is 9.89. The number of aromatic nitrogens is 2. The second kappa shape index (κ2) is 15.7. The smallest absolute Gasteiger partial charge is 0.407 e. The van der Waals surface area contributed by atoms with Crippen molar-refractivity contribution in [3.8, 4) is 22.4 Å². The molecule has 2 aliphatic rings. The van der Waals surface area contributed by atoms with Gasteiger partial charge in [0.15, 0.2) is 9.84 Å². The Morgan fingerprint density at radius 3 is 2.31 bits per heavy atom. The molecular formula is C39H46N6O6S. The first-order valence-corrected chi connectivity index (χ1v) is 19.5. The number of H-pyrrole nitrogens is 1. The lowest BCUT2D eigenvalue weighted by Crippen LogP contribution is -2.51. The van der Waals surface area contributed by atoms with Crippen molar-refractivity contribution in [3.63, 3.8) is 0 Å². The summed E-state index contributed by atoms with van der Waals surface area (Å²) in [4.78, 5) is 50.5. The van der Waals surface area contributed by atoms with Crippen LogP contribution >= 0.6 is 0 Å². The molecule has 6 rings (SSSR count). The van der Waals surface area contributed by atoms with E-state index < -0.39 is 22.0 Å². The molecule has 0 spiro atoms. The summed E-state index contributed by atoms with van der Waals surface area (Å²) in [6.45, 7) is 8.17. The molecule has 3 N–H and O–H groups in total. The summed E-state index contributed by atoms with van der Waals surface area (Å²) in [5.74, 6) is 0.645. The van der Waals surface area contributed by atoms with Gasteiger partial charge in [0.25, 0.3) is 5.91 Å². The lowest BCUT2D eigenvalue weighted by molar-refractivity contribution is -0.135. The highest BCUT2D eigenvalue weighted by Crippen LogP contribution is 2.34. The molecular weight excluding hydrogens is 681 g/mol. The highest BCUT2D eigenvalue weighted by molar-refractivity contribution is 7.91. The number of benzene rings is 3. The molecule has 52 heavy (non-hydrogen) atoms. The van der Waals surface area contributed by atoms with Gasteiger partial charge in [0, 0.05) is 37.4 Å². The van der Waals surface area contributed by atoms with Crippen molar-refractivity contribution in [2.24, 2.45) is 5.92 Å². The van der Waals surface area contributed by atoms with Gasteiger partial charge in [0.2, 0.25) is 5.91 Å². The number of methoxy groups -OCH3 is 1. The van der Waals surface area contributed by atoms with Crippen LogP contribution in [0.3, 0.4) is 0 Å². The number of aromatic amines is 1. The van der Waals surface area contributed by atoms with Crippen molar-refractivity contribution < 1.29 is 27.5 Å². The number of rotatable bonds is 10. The van der Waals surface area contributed by atoms with E-state index in [4.69, 9.17) is 4.74 Å². The predicted octanol–water partition coefficient (Wildman–Crippen LogP) is 5.58. The number of hydrogen-bond acceptors (Lipinski definition) is 8. The van der Waals surface area contributed by atoms with Crippen LogP contribution in [0.15, 0.2) is 72.9 Å². The molecule has 12 nitrogen and oxygen atoms in total. The van der Waals surface area contributed by atoms with Crippen molar-refractivity contribution in [1.29, 1.82) is 0 Å². The Morgan fingerprint density at radius 2 is 1.65 bits per heavy atom. The van der Waals surface area contributed by atoms with E-state index >= 15 is 0 Å². The highest BCUT2D eigenvalue weighted by Gasteiger charge is 2.37. The third-order valence-corrected chi connectivity index (χ3v) is 11.5. The van der Waals surface area contributed by atoms with Gasteiger partial charge in [-0.05, 0) is 83.8 Å². The number of anilines is 1. The van der Waals surface area contributed by atoms with Crippen molar-refractivity contribution in [2.45, 2.75) is 52.2 Å². The average Bonchev–Trinajstić information content (AvgIpc) is 3.83. The SMILES string of the molecule is COC(=O)N[C@H](C(=O)N1CCC[C@H]1c1ncc(-c2ccc(-c3ccc(C(=O)Nc4ccc(CN5CCS(=O)(=O)CC5)cc4)cc3)c(C)c2)[nH]1)C(C)C. The Hall–Kier alpha value is -5.01. The molecule has 0 bridgehead atoms. The van der Waals surface area contributed by atoms with Gasteiger partial charge in [0.1, 0.15) is 11.9 Å². The van der Waals surface area contributed by atoms with E-state index in [1.165, 1.54) is 7.11 Å². The van der Waals surface area contributed by atoms with Crippen LogP contribution in [-0.2, 0) is 25.9 Å². The van der Waals surface area contributed by atoms with Gasteiger partial charge in [-0.2, -0.15) is 0 Å². The molecule has 3 heterocycles. The average molecular weight is 727 g/mol. The van der Waals surface area contributed by atoms with E-state index in [0.717, 1.165) is 46.4 Å². The molecule has 2 fully saturated rings. The van der Waals surface area contributed by atoms with Gasteiger partial charge in [-0.3, -0.25) is 14.5 Å². The van der Waals surface area contributed by atoms with Crippen molar-refractivity contribution >= 4 is 33.4 Å². The standard InChI is InChI=1S/C39H46N6O6S/c1-25(2)35(43-39(48)51-4)38(47)45-17-5-6-34(45)36-40-23-33(42-36)30-13-16-32(26(3)22-30)28-9-11-29(12-10-28)37(46)41-31-14-7-27(8-15-31)24-44-18-20-52(49,50)21-19-44/h7-16,22-23,25,34-35H,5-6,17-21,24H2,1-4H3,(H,40,42)(H,41,46)(H,43,48)/t34-,35-/m0/s1. The number of nitrogens with one attached hydrogen (secondary N) is 3. The van der Waals surface area contributed by atoms with Gasteiger partial charge < -0.3 is 25.3 Å². The minimum atomic E-state index is -2.91. The Morgan fingerprint density at radius 1 is 0.962 bits per heavy atom. The summed E-state index contributed by atoms with van der Waals surface area (Å²) in [5.41, 5.74) is 7.20. The summed E-state index contributed by atoms with van der Waals surface area (Å²) >= 11 is 0. The minimum Gasteiger partial charge on any atom is -0.453 e. The second-order valence-corrected chi connectivity index (χ2v) is 16.2. The molecule has 2 aliphatic heterocycles. The van der Waals surface area contributed by atoms with Crippen LogP contribution in [0.2, 0.25) is 0 Å². The first-order chi connectivity index (χ1) is 24.9. The number of aryl methyl sites for hydroxylation is 1. The third kappa shape index (κ3) is 8.54. The maximum atomic E-state index is 13.5. The van der Waals surface area contributed by atoms with Gasteiger partial charge in [0.05, 0.1) is 36.5 Å². The normalized spacial score (nSPS) is 17.9. The number of amides is 3. The second-order valence-electron chi connectivity index (χ2n) is 13.9. The summed E-state index contributed by atoms with van der Waals surface area (Å²) in [6, 6.07) is 20.4. The summed E-state index contributed by atoms with van der Waals surface area (Å²) < 4.78 is 28.1. The largest absolute Gasteiger partial charge is 0.453 e. The lowest BCUT2D eigenvalue weighted by atomic mass is 9.97. The zero-order chi connectivity index (χ0) is 37.0. The highest BCUT2D eigenvalue weighted by atomic mass is 32.2. The lowest BCUT2D eigenvalue weighted by Gasteiger charge is -2.30. The quantitative estimate of drug-likeness (QED) is 0.192. The zero-order valence-corrected chi connectivity index (χ0v) is 30.8. The predicted molar refractivity (Wildman–Crippen MR) is 200 cm³/mol. The van der Waals surface area contributed by atoms with Crippen LogP contribution in [0.1, 0.15) is 60.0 Å². The van der Waals surface area contributed by atoms with Crippen LogP contribution in [0.5, 0.6) is 0 Å². The molecule has 3 amide bonds. The number of likely N-dealkylation sites (tertiary alicyclic amines) is 1. The van der Waals surface area contributed by atoms with Gasteiger partial charge >= 0.3 is 6.09 Å². The number of alkyl carbamates (subject to hydrolysis) is 1. The van der Waals surface area contributed by atoms with Gasteiger partial charge in [-0.15, -0.1) is 0 Å². The Kier molecular flexibility index (Phi) is 11.1. The number of hydrogen-bond donors (Lipinski definition) is 3. The topological polar surface area (TPSA) is 154 Å². The van der Waals surface area contributed by atoms with Gasteiger partial charge in [-0.1, -0.05) is 50.2 Å². The van der Waals surface area contributed by atoms with Crippen LogP contribution in [0.4, 0.5) is 10.5 Å². The first kappa shape index (κ1) is 36.8. The number of nitrogens with zero attached hydrogens (tertiary/aromatic N) is 3. The fourth-order valence-corrected chi connectivity index (χ4v) is 8.14. The van der Waals surface area contributed by atoms with Crippen LogP contribution < -0.4 is 10.6 Å². The van der Waals surface area contributed by atoms with Crippen LogP contribution in [0, 0.1) is 12.8 Å². The van der Waals surface area contributed by atoms with Crippen LogP contribution in [0.25, 0.3) is 22.4 Å². The van der Waals surface area contributed by atoms with Crippen molar-refractivity contribution in [3.05, 3.63) is 95.4 Å². The molecule has 0 saturated carbocycles. The molecule has 1 aromatic heterocycles. The molecule has 0 radical (unpaired) electrons. The van der Waals surface area contributed by atoms with E-state index in [1.807, 2.05) is 75.4 Å². The van der Waals surface area contributed by atoms with Gasteiger partial charge in [-0.25, -0.2) is 18.2 Å². The molecule has 3 aromatic carbocycles. The Bertz CT molecular complexity index is 2010. The number of carbonyl (C=O) groups excluding carboxylic acids is 3. The summed E-state index contributed by atoms with van der Waals surface area (Å²) in [5, 5.41) is 5.65. The van der Waals surface area contributed by atoms with E-state index in [2.05, 4.69) is 37.6 Å². The van der Waals surface area contributed by atoms with E-state index in [-0.39, 0.29) is 35.3 Å². The fourth-order valence-electron chi connectivity index (χ4n) is 6.87. The molecule has 0 unspecified atom stereocenters. The molecule has 274 valence electrons. The number of sulfone groups is 1. The monoisotopic (exact) mass is 726 g/mol. The molecule has 2 saturated heterocycles. The van der Waals surface area contributed by atoms with Crippen LogP contribution in [-0.4, -0.2) is 90.4 Å². The molecule has 13 heteroatoms. The fraction of sp³-hybridized carbons (Fsp3) is 0.385. The minimum absolute atomic E-state index is 0.109. The maximum Gasteiger partial charge on any atom is 0.407 e. The molecule has 0 aliphatic carbocycles.